The van der Waals surface area contributed by atoms with Crippen LogP contribution in [0.25, 0.3) is 0 Å². The summed E-state index contributed by atoms with van der Waals surface area (Å²) in [5.74, 6) is 0.755. The van der Waals surface area contributed by atoms with Crippen molar-refractivity contribution in [2.45, 2.75) is 17.4 Å². The van der Waals surface area contributed by atoms with E-state index in [0.717, 1.165) is 12.2 Å². The van der Waals surface area contributed by atoms with Gasteiger partial charge in [-0.3, -0.25) is 0 Å². The number of nitrogens with one attached hydrogen (secondary N) is 1. The van der Waals surface area contributed by atoms with Crippen LogP contribution in [0.1, 0.15) is 17.4 Å². The van der Waals surface area contributed by atoms with Gasteiger partial charge in [-0.05, 0) is 36.2 Å². The van der Waals surface area contributed by atoms with Gasteiger partial charge in [0.2, 0.25) is 0 Å². The van der Waals surface area contributed by atoms with Crippen LogP contribution in [0, 0.1) is 0 Å². The van der Waals surface area contributed by atoms with Crippen LogP contribution in [0.5, 0.6) is 0 Å². The fourth-order valence-corrected chi connectivity index (χ4v) is 2.22. The van der Waals surface area contributed by atoms with Gasteiger partial charge in [-0.1, -0.05) is 12.1 Å². The molecule has 0 fully saturated rings. The van der Waals surface area contributed by atoms with E-state index in [1.54, 1.807) is 18.8 Å². The van der Waals surface area contributed by atoms with Crippen LogP contribution in [0.2, 0.25) is 0 Å². The average molecular weight is 263 g/mol. The van der Waals surface area contributed by atoms with Crippen molar-refractivity contribution in [1.82, 2.24) is 25.5 Å². The zero-order valence-corrected chi connectivity index (χ0v) is 11.6. The van der Waals surface area contributed by atoms with E-state index in [1.165, 1.54) is 15.3 Å². The zero-order chi connectivity index (χ0) is 13.0. The quantitative estimate of drug-likeness (QED) is 0.827. The highest BCUT2D eigenvalue weighted by molar-refractivity contribution is 7.98. The first-order valence-electron chi connectivity index (χ1n) is 5.77. The summed E-state index contributed by atoms with van der Waals surface area (Å²) in [5, 5.41) is 15.4. The van der Waals surface area contributed by atoms with Gasteiger partial charge in [0.15, 0.2) is 5.82 Å². The molecule has 0 aliphatic carbocycles. The Morgan fingerprint density at radius 2 is 2.06 bits per heavy atom. The minimum absolute atomic E-state index is 0.213. The van der Waals surface area contributed by atoms with E-state index in [2.05, 4.69) is 51.2 Å². The van der Waals surface area contributed by atoms with Gasteiger partial charge >= 0.3 is 0 Å². The third-order valence-electron chi connectivity index (χ3n) is 2.80. The molecule has 0 saturated heterocycles. The highest BCUT2D eigenvalue weighted by Crippen LogP contribution is 2.20. The van der Waals surface area contributed by atoms with Crippen molar-refractivity contribution in [2.75, 3.05) is 13.3 Å². The van der Waals surface area contributed by atoms with Crippen molar-refractivity contribution >= 4 is 11.8 Å². The second kappa shape index (κ2) is 5.97. The van der Waals surface area contributed by atoms with Crippen LogP contribution >= 0.6 is 11.8 Å². The molecule has 18 heavy (non-hydrogen) atoms. The summed E-state index contributed by atoms with van der Waals surface area (Å²) in [7, 11) is 3.72. The third kappa shape index (κ3) is 3.08. The van der Waals surface area contributed by atoms with E-state index in [9.17, 15) is 0 Å². The number of aryl methyl sites for hydroxylation is 1. The largest absolute Gasteiger partial charge is 0.313 e. The number of rotatable bonds is 5. The van der Waals surface area contributed by atoms with E-state index in [4.69, 9.17) is 0 Å². The Morgan fingerprint density at radius 1 is 1.33 bits per heavy atom. The van der Waals surface area contributed by atoms with Gasteiger partial charge in [-0.25, -0.2) is 0 Å². The topological polar surface area (TPSA) is 55.6 Å². The molecule has 96 valence electrons. The van der Waals surface area contributed by atoms with E-state index in [-0.39, 0.29) is 6.04 Å². The molecule has 0 bridgehead atoms. The Morgan fingerprint density at radius 3 is 2.56 bits per heavy atom. The Balaban J connectivity index is 2.12. The summed E-state index contributed by atoms with van der Waals surface area (Å²) in [6.07, 6.45) is 2.82. The number of benzene rings is 1. The molecule has 2 aromatic rings. The molecule has 1 unspecified atom stereocenters. The minimum atomic E-state index is 0.213. The summed E-state index contributed by atoms with van der Waals surface area (Å²) >= 11 is 1.75. The summed E-state index contributed by atoms with van der Waals surface area (Å²) in [6.45, 7) is 0. The molecule has 0 amide bonds. The first kappa shape index (κ1) is 13.0. The maximum Gasteiger partial charge on any atom is 0.176 e. The highest BCUT2D eigenvalue weighted by atomic mass is 32.2. The fourth-order valence-electron chi connectivity index (χ4n) is 1.81. The van der Waals surface area contributed by atoms with Gasteiger partial charge < -0.3 is 5.32 Å². The SMILES string of the molecule is CNC(Cc1nnn(C)n1)c1ccc(SC)cc1. The van der Waals surface area contributed by atoms with Gasteiger partial charge in [0.1, 0.15) is 0 Å². The Kier molecular flexibility index (Phi) is 4.33. The van der Waals surface area contributed by atoms with Crippen molar-refractivity contribution in [1.29, 1.82) is 0 Å². The molecule has 0 aliphatic heterocycles. The van der Waals surface area contributed by atoms with Gasteiger partial charge in [0.05, 0.1) is 7.05 Å². The number of hydrogen-bond acceptors (Lipinski definition) is 5. The lowest BCUT2D eigenvalue weighted by molar-refractivity contribution is 0.570. The molecule has 1 N–H and O–H groups in total. The molecule has 6 heteroatoms. The number of aromatic nitrogens is 4. The Hall–Kier alpha value is -1.40. The molecule has 0 spiro atoms. The molecular weight excluding hydrogens is 246 g/mol. The predicted octanol–water partition coefficient (Wildman–Crippen LogP) is 1.44. The van der Waals surface area contributed by atoms with Crippen molar-refractivity contribution < 1.29 is 0 Å². The molecule has 0 saturated carbocycles. The molecule has 0 radical (unpaired) electrons. The molecule has 1 aromatic heterocycles. The zero-order valence-electron chi connectivity index (χ0n) is 10.8. The van der Waals surface area contributed by atoms with Crippen LogP contribution in [0.15, 0.2) is 29.2 Å². The standard InChI is InChI=1S/C12H17N5S/c1-13-11(8-12-14-16-17(2)15-12)9-4-6-10(18-3)7-5-9/h4-7,11,13H,8H2,1-3H3. The van der Waals surface area contributed by atoms with Gasteiger partial charge in [-0.2, -0.15) is 4.80 Å². The summed E-state index contributed by atoms with van der Waals surface area (Å²) in [6, 6.07) is 8.76. The van der Waals surface area contributed by atoms with Gasteiger partial charge in [0.25, 0.3) is 0 Å². The first-order chi connectivity index (χ1) is 8.72. The Bertz CT molecular complexity index is 493. The van der Waals surface area contributed by atoms with E-state index >= 15 is 0 Å². The van der Waals surface area contributed by atoms with Crippen molar-refractivity contribution in [3.05, 3.63) is 35.7 Å². The van der Waals surface area contributed by atoms with Crippen molar-refractivity contribution in [3.63, 3.8) is 0 Å². The van der Waals surface area contributed by atoms with Gasteiger partial charge in [-0.15, -0.1) is 22.0 Å². The van der Waals surface area contributed by atoms with Crippen LogP contribution in [-0.2, 0) is 13.5 Å². The summed E-state index contributed by atoms with van der Waals surface area (Å²) < 4.78 is 0. The smallest absolute Gasteiger partial charge is 0.176 e. The highest BCUT2D eigenvalue weighted by Gasteiger charge is 2.13. The second-order valence-electron chi connectivity index (χ2n) is 4.01. The van der Waals surface area contributed by atoms with Crippen LogP contribution < -0.4 is 5.32 Å². The maximum atomic E-state index is 4.21. The fraction of sp³-hybridized carbons (Fsp3) is 0.417. The normalized spacial score (nSPS) is 12.6. The van der Waals surface area contributed by atoms with E-state index in [0.29, 0.717) is 0 Å². The second-order valence-corrected chi connectivity index (χ2v) is 4.89. The van der Waals surface area contributed by atoms with Crippen LogP contribution in [-0.4, -0.2) is 33.5 Å². The number of likely N-dealkylation sites (N-methyl/N-ethyl adjacent to an activating group) is 1. The van der Waals surface area contributed by atoms with Crippen molar-refractivity contribution in [3.8, 4) is 0 Å². The molecule has 1 heterocycles. The molecular formula is C12H17N5S. The van der Waals surface area contributed by atoms with E-state index < -0.39 is 0 Å². The van der Waals surface area contributed by atoms with E-state index in [1.807, 2.05) is 7.05 Å². The third-order valence-corrected chi connectivity index (χ3v) is 3.55. The lowest BCUT2D eigenvalue weighted by atomic mass is 10.0. The monoisotopic (exact) mass is 263 g/mol. The Labute approximate surface area is 111 Å². The first-order valence-corrected chi connectivity index (χ1v) is 6.99. The van der Waals surface area contributed by atoms with Crippen LogP contribution in [0.4, 0.5) is 0 Å². The molecule has 1 aromatic carbocycles. The molecule has 0 aliphatic rings. The number of hydrogen-bond donors (Lipinski definition) is 1. The van der Waals surface area contributed by atoms with Crippen molar-refractivity contribution in [2.24, 2.45) is 7.05 Å². The predicted molar refractivity (Wildman–Crippen MR) is 72.5 cm³/mol. The van der Waals surface area contributed by atoms with Crippen LogP contribution in [0.3, 0.4) is 0 Å². The lowest BCUT2D eigenvalue weighted by Crippen LogP contribution is -2.19. The maximum absolute atomic E-state index is 4.21. The number of thioether (sulfide) groups is 1. The number of nitrogens with zero attached hydrogens (tertiary/aromatic N) is 4. The number of tetrazole rings is 1. The molecule has 1 atom stereocenters. The minimum Gasteiger partial charge on any atom is -0.313 e. The summed E-state index contributed by atoms with van der Waals surface area (Å²) in [5.41, 5.74) is 1.24. The average Bonchev–Trinajstić information content (AvgIpc) is 2.82. The lowest BCUT2D eigenvalue weighted by Gasteiger charge is -2.14. The van der Waals surface area contributed by atoms with Gasteiger partial charge in [0, 0.05) is 17.4 Å². The summed E-state index contributed by atoms with van der Waals surface area (Å²) in [4.78, 5) is 2.75. The molecule has 5 nitrogen and oxygen atoms in total. The molecule has 2 rings (SSSR count).